The molecule has 0 aromatic heterocycles. The van der Waals surface area contributed by atoms with Gasteiger partial charge in [-0.15, -0.1) is 0 Å². The zero-order valence-electron chi connectivity index (χ0n) is 11.0. The van der Waals surface area contributed by atoms with E-state index in [2.05, 4.69) is 10.6 Å². The number of hydrogen-bond donors (Lipinski definition) is 2. The van der Waals surface area contributed by atoms with Gasteiger partial charge >= 0.3 is 0 Å². The molecule has 4 nitrogen and oxygen atoms in total. The summed E-state index contributed by atoms with van der Waals surface area (Å²) in [6.07, 6.45) is 0. The fraction of sp³-hybridized carbons (Fsp3) is 0.462. The van der Waals surface area contributed by atoms with Crippen molar-refractivity contribution in [3.8, 4) is 0 Å². The molecule has 0 aliphatic carbocycles. The molecular formula is C13H18ClFN2O2. The van der Waals surface area contributed by atoms with Gasteiger partial charge in [0.15, 0.2) is 0 Å². The summed E-state index contributed by atoms with van der Waals surface area (Å²) in [5.41, 5.74) is 0.696. The van der Waals surface area contributed by atoms with E-state index < -0.39 is 0 Å². The average molecular weight is 289 g/mol. The van der Waals surface area contributed by atoms with Crippen LogP contribution < -0.4 is 10.6 Å². The highest BCUT2D eigenvalue weighted by atomic mass is 35.5. The number of carbonyl (C=O) groups excluding carboxylic acids is 1. The van der Waals surface area contributed by atoms with Crippen molar-refractivity contribution in [3.63, 3.8) is 0 Å². The van der Waals surface area contributed by atoms with E-state index in [9.17, 15) is 9.18 Å². The van der Waals surface area contributed by atoms with E-state index in [-0.39, 0.29) is 17.8 Å². The van der Waals surface area contributed by atoms with Gasteiger partial charge in [0.05, 0.1) is 12.6 Å². The van der Waals surface area contributed by atoms with Crippen molar-refractivity contribution in [2.75, 3.05) is 20.3 Å². The molecule has 6 heteroatoms. The summed E-state index contributed by atoms with van der Waals surface area (Å²) in [7, 11) is 1.57. The topological polar surface area (TPSA) is 50.4 Å². The van der Waals surface area contributed by atoms with Crippen LogP contribution in [-0.2, 0) is 16.1 Å². The third-order valence-electron chi connectivity index (χ3n) is 2.53. The molecule has 0 heterocycles. The first-order valence-corrected chi connectivity index (χ1v) is 6.35. The molecule has 0 bridgehead atoms. The van der Waals surface area contributed by atoms with Gasteiger partial charge < -0.3 is 15.4 Å². The number of benzene rings is 1. The molecule has 1 rings (SSSR count). The molecule has 106 valence electrons. The lowest BCUT2D eigenvalue weighted by molar-refractivity contribution is -0.122. The molecule has 2 N–H and O–H groups in total. The maximum atomic E-state index is 13.1. The molecule has 0 fully saturated rings. The van der Waals surface area contributed by atoms with Crippen LogP contribution in [-0.4, -0.2) is 32.2 Å². The number of amides is 1. The fourth-order valence-corrected chi connectivity index (χ4v) is 1.75. The monoisotopic (exact) mass is 288 g/mol. The van der Waals surface area contributed by atoms with Crippen LogP contribution in [0.25, 0.3) is 0 Å². The number of methoxy groups -OCH3 is 1. The van der Waals surface area contributed by atoms with Gasteiger partial charge in [-0.05, 0) is 30.7 Å². The van der Waals surface area contributed by atoms with Crippen molar-refractivity contribution in [3.05, 3.63) is 34.6 Å². The largest absolute Gasteiger partial charge is 0.383 e. The lowest BCUT2D eigenvalue weighted by atomic mass is 10.2. The Morgan fingerprint density at radius 3 is 2.84 bits per heavy atom. The maximum Gasteiger partial charge on any atom is 0.236 e. The van der Waals surface area contributed by atoms with Gasteiger partial charge in [0.2, 0.25) is 5.91 Å². The lowest BCUT2D eigenvalue weighted by Gasteiger charge is -2.14. The number of ether oxygens (including phenoxy) is 1. The SMILES string of the molecule is COCCNC(=O)C(C)NCc1cc(F)cc(Cl)c1. The van der Waals surface area contributed by atoms with E-state index >= 15 is 0 Å². The molecular weight excluding hydrogens is 271 g/mol. The van der Waals surface area contributed by atoms with Crippen molar-refractivity contribution in [1.29, 1.82) is 0 Å². The van der Waals surface area contributed by atoms with Crippen LogP contribution >= 0.6 is 11.6 Å². The first kappa shape index (κ1) is 15.9. The molecule has 19 heavy (non-hydrogen) atoms. The Balaban J connectivity index is 2.40. The lowest BCUT2D eigenvalue weighted by Crippen LogP contribution is -2.42. The van der Waals surface area contributed by atoms with E-state index in [1.807, 2.05) is 0 Å². The first-order valence-electron chi connectivity index (χ1n) is 5.98. The smallest absolute Gasteiger partial charge is 0.236 e. The quantitative estimate of drug-likeness (QED) is 0.751. The fourth-order valence-electron chi connectivity index (χ4n) is 1.51. The Labute approximate surface area is 117 Å². The minimum atomic E-state index is -0.388. The first-order chi connectivity index (χ1) is 9.02. The molecule has 0 saturated heterocycles. The second-order valence-electron chi connectivity index (χ2n) is 4.16. The molecule has 1 aromatic carbocycles. The molecule has 0 saturated carbocycles. The zero-order valence-corrected chi connectivity index (χ0v) is 11.8. The third-order valence-corrected chi connectivity index (χ3v) is 2.75. The summed E-state index contributed by atoms with van der Waals surface area (Å²) >= 11 is 5.75. The predicted molar refractivity (Wildman–Crippen MR) is 72.6 cm³/mol. The van der Waals surface area contributed by atoms with Crippen LogP contribution in [0.1, 0.15) is 12.5 Å². The number of carbonyl (C=O) groups is 1. The van der Waals surface area contributed by atoms with Crippen LogP contribution in [0.3, 0.4) is 0 Å². The summed E-state index contributed by atoms with van der Waals surface area (Å²) in [6.45, 7) is 3.05. The van der Waals surface area contributed by atoms with E-state index in [0.717, 1.165) is 0 Å². The van der Waals surface area contributed by atoms with Gasteiger partial charge in [-0.25, -0.2) is 4.39 Å². The molecule has 0 aliphatic heterocycles. The van der Waals surface area contributed by atoms with E-state index in [1.54, 1.807) is 20.1 Å². The summed E-state index contributed by atoms with van der Waals surface area (Å²) in [5.74, 6) is -0.513. The maximum absolute atomic E-state index is 13.1. The van der Waals surface area contributed by atoms with Gasteiger partial charge in [-0.3, -0.25) is 4.79 Å². The molecule has 1 amide bonds. The normalized spacial score (nSPS) is 12.2. The van der Waals surface area contributed by atoms with Crippen LogP contribution in [0, 0.1) is 5.82 Å². The van der Waals surface area contributed by atoms with Gasteiger partial charge in [-0.2, -0.15) is 0 Å². The van der Waals surface area contributed by atoms with Gasteiger partial charge in [0.25, 0.3) is 0 Å². The Hall–Kier alpha value is -1.17. The van der Waals surface area contributed by atoms with Crippen LogP contribution in [0.5, 0.6) is 0 Å². The number of halogens is 2. The second kappa shape index (κ2) is 8.09. The molecule has 1 aromatic rings. The van der Waals surface area contributed by atoms with Crippen LogP contribution in [0.15, 0.2) is 18.2 Å². The summed E-state index contributed by atoms with van der Waals surface area (Å²) in [6, 6.07) is 3.91. The number of hydrogen-bond acceptors (Lipinski definition) is 3. The summed E-state index contributed by atoms with van der Waals surface area (Å²) in [5, 5.41) is 6.06. The average Bonchev–Trinajstić information content (AvgIpc) is 2.35. The van der Waals surface area contributed by atoms with E-state index in [0.29, 0.717) is 30.3 Å². The second-order valence-corrected chi connectivity index (χ2v) is 4.60. The highest BCUT2D eigenvalue weighted by molar-refractivity contribution is 6.30. The Morgan fingerprint density at radius 1 is 1.47 bits per heavy atom. The minimum absolute atomic E-state index is 0.125. The third kappa shape index (κ3) is 6.00. The number of nitrogens with one attached hydrogen (secondary N) is 2. The highest BCUT2D eigenvalue weighted by Gasteiger charge is 2.11. The highest BCUT2D eigenvalue weighted by Crippen LogP contribution is 2.13. The van der Waals surface area contributed by atoms with Gasteiger partial charge in [-0.1, -0.05) is 11.6 Å². The van der Waals surface area contributed by atoms with Crippen molar-refractivity contribution in [2.24, 2.45) is 0 Å². The van der Waals surface area contributed by atoms with E-state index in [1.165, 1.54) is 12.1 Å². The van der Waals surface area contributed by atoms with Gasteiger partial charge in [0, 0.05) is 25.2 Å². The molecule has 1 atom stereocenters. The zero-order chi connectivity index (χ0) is 14.3. The molecule has 1 unspecified atom stereocenters. The molecule has 0 spiro atoms. The van der Waals surface area contributed by atoms with Gasteiger partial charge in [0.1, 0.15) is 5.82 Å². The molecule has 0 aliphatic rings. The Bertz CT molecular complexity index is 409. The Morgan fingerprint density at radius 2 is 2.21 bits per heavy atom. The minimum Gasteiger partial charge on any atom is -0.383 e. The van der Waals surface area contributed by atoms with Crippen molar-refractivity contribution < 1.29 is 13.9 Å². The van der Waals surface area contributed by atoms with Crippen LogP contribution in [0.4, 0.5) is 4.39 Å². The van der Waals surface area contributed by atoms with Crippen molar-refractivity contribution >= 4 is 17.5 Å². The van der Waals surface area contributed by atoms with E-state index in [4.69, 9.17) is 16.3 Å². The summed E-state index contributed by atoms with van der Waals surface area (Å²) in [4.78, 5) is 11.6. The van der Waals surface area contributed by atoms with Crippen LogP contribution in [0.2, 0.25) is 5.02 Å². The standard InChI is InChI=1S/C13H18ClFN2O2/c1-9(13(18)16-3-4-19-2)17-8-10-5-11(14)7-12(15)6-10/h5-7,9,17H,3-4,8H2,1-2H3,(H,16,18). The summed E-state index contributed by atoms with van der Waals surface area (Å²) < 4.78 is 17.9. The van der Waals surface area contributed by atoms with Crippen molar-refractivity contribution in [1.82, 2.24) is 10.6 Å². The number of rotatable bonds is 7. The Kier molecular flexibility index (Phi) is 6.77. The molecule has 0 radical (unpaired) electrons. The van der Waals surface area contributed by atoms with Crippen molar-refractivity contribution in [2.45, 2.75) is 19.5 Å². The predicted octanol–water partition coefficient (Wildman–Crippen LogP) is 1.72.